The Morgan fingerprint density at radius 1 is 1.48 bits per heavy atom. The quantitative estimate of drug-likeness (QED) is 0.856. The molecule has 2 aromatic heterocycles. The van der Waals surface area contributed by atoms with Crippen molar-refractivity contribution in [2.24, 2.45) is 5.92 Å². The summed E-state index contributed by atoms with van der Waals surface area (Å²) in [5.74, 6) is 0.917. The summed E-state index contributed by atoms with van der Waals surface area (Å²) in [6.07, 6.45) is 5.53. The average molecular weight is 344 g/mol. The molecule has 0 spiro atoms. The lowest BCUT2D eigenvalue weighted by molar-refractivity contribution is 0.0770. The first-order valence-corrected chi connectivity index (χ1v) is 8.74. The van der Waals surface area contributed by atoms with Crippen LogP contribution in [-0.2, 0) is 5.41 Å². The third-order valence-electron chi connectivity index (χ3n) is 5.54. The Morgan fingerprint density at radius 3 is 3.04 bits per heavy atom. The fourth-order valence-corrected chi connectivity index (χ4v) is 4.18. The maximum absolute atomic E-state index is 13.9. The highest BCUT2D eigenvalue weighted by Gasteiger charge is 2.55. The van der Waals surface area contributed by atoms with Crippen molar-refractivity contribution < 1.29 is 13.7 Å². The standard InChI is InChI=1S/C18H21FN4O2/c1-11(2)15-21-17(25-22-15)18-6-3-4-12(18)9-23(10-18)16(24)13-5-7-20-8-14(13)19/h5,7-8,11-12H,3-4,6,9-10H2,1-2H3/t12-,18-/m0/s1. The number of fused-ring (bicyclic) bond motifs is 1. The summed E-state index contributed by atoms with van der Waals surface area (Å²) in [7, 11) is 0. The normalized spacial score (nSPS) is 25.6. The van der Waals surface area contributed by atoms with Gasteiger partial charge >= 0.3 is 0 Å². The van der Waals surface area contributed by atoms with Gasteiger partial charge in [-0.2, -0.15) is 4.98 Å². The van der Waals surface area contributed by atoms with Crippen molar-refractivity contribution in [3.05, 3.63) is 41.6 Å². The maximum atomic E-state index is 13.9. The second-order valence-corrected chi connectivity index (χ2v) is 7.40. The van der Waals surface area contributed by atoms with Crippen LogP contribution < -0.4 is 0 Å². The minimum absolute atomic E-state index is 0.0681. The topological polar surface area (TPSA) is 72.1 Å². The zero-order chi connectivity index (χ0) is 17.6. The number of hydrogen-bond donors (Lipinski definition) is 0. The van der Waals surface area contributed by atoms with E-state index in [1.54, 1.807) is 4.90 Å². The summed E-state index contributed by atoms with van der Waals surface area (Å²) in [6, 6.07) is 1.43. The van der Waals surface area contributed by atoms with E-state index < -0.39 is 5.82 Å². The minimum atomic E-state index is -0.585. The summed E-state index contributed by atoms with van der Waals surface area (Å²) >= 11 is 0. The molecule has 3 heterocycles. The van der Waals surface area contributed by atoms with Crippen molar-refractivity contribution in [3.63, 3.8) is 0 Å². The minimum Gasteiger partial charge on any atom is -0.339 e. The Morgan fingerprint density at radius 2 is 2.32 bits per heavy atom. The van der Waals surface area contributed by atoms with Gasteiger partial charge in [-0.1, -0.05) is 25.4 Å². The van der Waals surface area contributed by atoms with Crippen molar-refractivity contribution in [3.8, 4) is 0 Å². The van der Waals surface area contributed by atoms with Crippen LogP contribution in [-0.4, -0.2) is 39.0 Å². The van der Waals surface area contributed by atoms with Crippen molar-refractivity contribution in [1.82, 2.24) is 20.0 Å². The molecule has 6 nitrogen and oxygen atoms in total. The van der Waals surface area contributed by atoms with Crippen LogP contribution in [0.1, 0.15) is 61.1 Å². The third kappa shape index (κ3) is 2.53. The van der Waals surface area contributed by atoms with Gasteiger partial charge in [-0.15, -0.1) is 0 Å². The van der Waals surface area contributed by atoms with E-state index in [1.807, 2.05) is 13.8 Å². The van der Waals surface area contributed by atoms with Gasteiger partial charge in [0, 0.05) is 25.2 Å². The van der Waals surface area contributed by atoms with E-state index in [0.29, 0.717) is 24.8 Å². The van der Waals surface area contributed by atoms with E-state index in [2.05, 4.69) is 15.1 Å². The molecule has 2 atom stereocenters. The Kier molecular flexibility index (Phi) is 3.81. The van der Waals surface area contributed by atoms with Gasteiger partial charge in [-0.25, -0.2) is 4.39 Å². The van der Waals surface area contributed by atoms with Gasteiger partial charge in [0.1, 0.15) is 0 Å². The maximum Gasteiger partial charge on any atom is 0.256 e. The van der Waals surface area contributed by atoms with Gasteiger partial charge < -0.3 is 9.42 Å². The molecule has 0 aromatic carbocycles. The highest BCUT2D eigenvalue weighted by atomic mass is 19.1. The zero-order valence-electron chi connectivity index (χ0n) is 14.4. The van der Waals surface area contributed by atoms with Gasteiger partial charge in [0.25, 0.3) is 5.91 Å². The van der Waals surface area contributed by atoms with E-state index in [0.717, 1.165) is 25.5 Å². The Hall–Kier alpha value is -2.31. The van der Waals surface area contributed by atoms with Crippen LogP contribution in [0, 0.1) is 11.7 Å². The highest BCUT2D eigenvalue weighted by Crippen LogP contribution is 2.50. The van der Waals surface area contributed by atoms with E-state index in [4.69, 9.17) is 4.52 Å². The second-order valence-electron chi connectivity index (χ2n) is 7.40. The Bertz CT molecular complexity index is 806. The van der Waals surface area contributed by atoms with Crippen LogP contribution in [0.3, 0.4) is 0 Å². The van der Waals surface area contributed by atoms with E-state index in [-0.39, 0.29) is 28.7 Å². The van der Waals surface area contributed by atoms with Crippen LogP contribution in [0.5, 0.6) is 0 Å². The first-order chi connectivity index (χ1) is 12.0. The monoisotopic (exact) mass is 344 g/mol. The largest absolute Gasteiger partial charge is 0.339 e. The van der Waals surface area contributed by atoms with Crippen molar-refractivity contribution in [2.75, 3.05) is 13.1 Å². The number of hydrogen-bond acceptors (Lipinski definition) is 5. The number of aromatic nitrogens is 3. The van der Waals surface area contributed by atoms with Crippen molar-refractivity contribution in [2.45, 2.75) is 44.4 Å². The number of amides is 1. The van der Waals surface area contributed by atoms with Gasteiger partial charge in [-0.05, 0) is 24.8 Å². The molecule has 4 rings (SSSR count). The molecule has 25 heavy (non-hydrogen) atoms. The summed E-state index contributed by atoms with van der Waals surface area (Å²) in [5.41, 5.74) is -0.224. The molecule has 1 saturated heterocycles. The summed E-state index contributed by atoms with van der Waals surface area (Å²) in [4.78, 5) is 22.8. The van der Waals surface area contributed by atoms with Gasteiger partial charge in [0.15, 0.2) is 11.6 Å². The molecule has 1 saturated carbocycles. The van der Waals surface area contributed by atoms with Crippen molar-refractivity contribution in [1.29, 1.82) is 0 Å². The lowest BCUT2D eigenvalue weighted by Crippen LogP contribution is -2.35. The van der Waals surface area contributed by atoms with Gasteiger partial charge in [0.2, 0.25) is 5.89 Å². The zero-order valence-corrected chi connectivity index (χ0v) is 14.4. The number of nitrogens with zero attached hydrogens (tertiary/aromatic N) is 4. The first kappa shape index (κ1) is 16.2. The lowest BCUT2D eigenvalue weighted by Gasteiger charge is -2.24. The van der Waals surface area contributed by atoms with E-state index in [9.17, 15) is 9.18 Å². The SMILES string of the molecule is CC(C)c1noc([C@]23CCC[C@H]2CN(C(=O)c2ccncc2F)C3)n1. The van der Waals surface area contributed by atoms with Crippen LogP contribution in [0.2, 0.25) is 0 Å². The summed E-state index contributed by atoms with van der Waals surface area (Å²) < 4.78 is 19.5. The molecule has 0 radical (unpaired) electrons. The second kappa shape index (κ2) is 5.89. The molecule has 0 bridgehead atoms. The van der Waals surface area contributed by atoms with E-state index in [1.165, 1.54) is 12.3 Å². The number of halogens is 1. The van der Waals surface area contributed by atoms with Crippen LogP contribution in [0.4, 0.5) is 4.39 Å². The molecule has 1 aliphatic heterocycles. The molecule has 2 fully saturated rings. The Balaban J connectivity index is 1.63. The predicted octanol–water partition coefficient (Wildman–Crippen LogP) is 2.92. The van der Waals surface area contributed by atoms with Gasteiger partial charge in [-0.3, -0.25) is 9.78 Å². The third-order valence-corrected chi connectivity index (χ3v) is 5.54. The molecule has 1 aliphatic carbocycles. The molecule has 2 aromatic rings. The Labute approximate surface area is 145 Å². The highest BCUT2D eigenvalue weighted by molar-refractivity contribution is 5.94. The number of carbonyl (C=O) groups excluding carboxylic acids is 1. The number of carbonyl (C=O) groups is 1. The van der Waals surface area contributed by atoms with E-state index >= 15 is 0 Å². The number of rotatable bonds is 3. The molecular formula is C18H21FN4O2. The predicted molar refractivity (Wildman–Crippen MR) is 87.5 cm³/mol. The average Bonchev–Trinajstić information content (AvgIpc) is 3.28. The molecular weight excluding hydrogens is 323 g/mol. The summed E-state index contributed by atoms with van der Waals surface area (Å²) in [5, 5.41) is 4.10. The van der Waals surface area contributed by atoms with Gasteiger partial charge in [0.05, 0.1) is 17.2 Å². The number of likely N-dealkylation sites (tertiary alicyclic amines) is 1. The smallest absolute Gasteiger partial charge is 0.256 e. The first-order valence-electron chi connectivity index (χ1n) is 8.74. The van der Waals surface area contributed by atoms with Crippen LogP contribution in [0.15, 0.2) is 23.0 Å². The molecule has 1 amide bonds. The molecule has 0 unspecified atom stereocenters. The number of pyridine rings is 1. The van der Waals surface area contributed by atoms with Crippen LogP contribution >= 0.6 is 0 Å². The van der Waals surface area contributed by atoms with Crippen molar-refractivity contribution >= 4 is 5.91 Å². The summed E-state index contributed by atoms with van der Waals surface area (Å²) in [6.45, 7) is 5.14. The van der Waals surface area contributed by atoms with Crippen LogP contribution in [0.25, 0.3) is 0 Å². The molecule has 2 aliphatic rings. The fraction of sp³-hybridized carbons (Fsp3) is 0.556. The fourth-order valence-electron chi connectivity index (χ4n) is 4.18. The lowest BCUT2D eigenvalue weighted by atomic mass is 9.80. The molecule has 7 heteroatoms. The molecule has 0 N–H and O–H groups in total. The molecule has 132 valence electrons.